The summed E-state index contributed by atoms with van der Waals surface area (Å²) in [6.07, 6.45) is 1.37. The predicted octanol–water partition coefficient (Wildman–Crippen LogP) is -0.0523. The van der Waals surface area contributed by atoms with Gasteiger partial charge in [0.1, 0.15) is 6.04 Å². The van der Waals surface area contributed by atoms with Gasteiger partial charge in [0.25, 0.3) is 0 Å². The first-order chi connectivity index (χ1) is 9.81. The van der Waals surface area contributed by atoms with E-state index in [4.69, 9.17) is 5.11 Å². The summed E-state index contributed by atoms with van der Waals surface area (Å²) in [5, 5.41) is 21.5. The van der Waals surface area contributed by atoms with Crippen molar-refractivity contribution in [3.63, 3.8) is 0 Å². The number of aliphatic hydroxyl groups excluding tert-OH is 1. The highest BCUT2D eigenvalue weighted by atomic mass is 16.4. The molecule has 0 bridgehead atoms. The number of β-amino-alcohol motifs (C(OH)–C–C–N with tert-alkyl or cyclic N) is 1. The van der Waals surface area contributed by atoms with E-state index in [1.807, 2.05) is 0 Å². The number of hydrogen-bond donors (Lipinski definition) is 3. The van der Waals surface area contributed by atoms with Gasteiger partial charge >= 0.3 is 12.0 Å². The smallest absolute Gasteiger partial charge is 0.326 e. The van der Waals surface area contributed by atoms with Crippen LogP contribution in [0.4, 0.5) is 4.79 Å². The monoisotopic (exact) mass is 299 g/mol. The van der Waals surface area contributed by atoms with E-state index in [2.05, 4.69) is 24.2 Å². The molecular weight excluding hydrogens is 274 g/mol. The summed E-state index contributed by atoms with van der Waals surface area (Å²) in [6.45, 7) is 4.79. The fraction of sp³-hybridized carbons (Fsp3) is 0.857. The zero-order valence-corrected chi connectivity index (χ0v) is 12.7. The number of likely N-dealkylation sites (tertiary alicyclic amines) is 2. The molecular formula is C14H25N3O4. The lowest BCUT2D eigenvalue weighted by atomic mass is 9.80. The lowest BCUT2D eigenvalue weighted by Crippen LogP contribution is -2.50. The Morgan fingerprint density at radius 2 is 1.95 bits per heavy atom. The minimum atomic E-state index is -1.06. The number of rotatable bonds is 3. The van der Waals surface area contributed by atoms with Crippen molar-refractivity contribution in [3.8, 4) is 0 Å². The first-order valence-corrected chi connectivity index (χ1v) is 7.45. The summed E-state index contributed by atoms with van der Waals surface area (Å²) in [5.41, 5.74) is 0.0548. The van der Waals surface area contributed by atoms with Crippen molar-refractivity contribution < 1.29 is 19.8 Å². The van der Waals surface area contributed by atoms with Crippen LogP contribution in [0.2, 0.25) is 0 Å². The third-order valence-electron chi connectivity index (χ3n) is 4.69. The van der Waals surface area contributed by atoms with E-state index in [9.17, 15) is 14.7 Å². The first-order valence-electron chi connectivity index (χ1n) is 7.45. The van der Waals surface area contributed by atoms with Crippen molar-refractivity contribution in [2.24, 2.45) is 5.41 Å². The lowest BCUT2D eigenvalue weighted by molar-refractivity contribution is -0.141. The quantitative estimate of drug-likeness (QED) is 0.679. The van der Waals surface area contributed by atoms with E-state index in [0.29, 0.717) is 6.54 Å². The van der Waals surface area contributed by atoms with Gasteiger partial charge in [-0.15, -0.1) is 0 Å². The minimum absolute atomic E-state index is 0.0548. The number of amides is 2. The molecule has 2 fully saturated rings. The van der Waals surface area contributed by atoms with Crippen molar-refractivity contribution in [3.05, 3.63) is 0 Å². The Kier molecular flexibility index (Phi) is 4.73. The van der Waals surface area contributed by atoms with E-state index in [1.165, 1.54) is 4.90 Å². The zero-order valence-electron chi connectivity index (χ0n) is 12.7. The summed E-state index contributed by atoms with van der Waals surface area (Å²) in [5.74, 6) is -1.06. The number of aliphatic hydroxyl groups is 1. The van der Waals surface area contributed by atoms with Crippen molar-refractivity contribution >= 4 is 12.0 Å². The number of piperidine rings is 1. The molecule has 3 N–H and O–H groups in total. The van der Waals surface area contributed by atoms with E-state index in [1.54, 1.807) is 0 Å². The van der Waals surface area contributed by atoms with E-state index >= 15 is 0 Å². The molecule has 0 aromatic carbocycles. The lowest BCUT2D eigenvalue weighted by Gasteiger charge is -2.38. The molecule has 7 nitrogen and oxygen atoms in total. The van der Waals surface area contributed by atoms with Crippen LogP contribution >= 0.6 is 0 Å². The molecule has 21 heavy (non-hydrogen) atoms. The van der Waals surface area contributed by atoms with Gasteiger partial charge in [0.05, 0.1) is 6.10 Å². The number of carboxylic acids is 1. The minimum Gasteiger partial charge on any atom is -0.480 e. The number of nitrogens with zero attached hydrogens (tertiary/aromatic N) is 2. The summed E-state index contributed by atoms with van der Waals surface area (Å²) in [4.78, 5) is 26.8. The van der Waals surface area contributed by atoms with Crippen LogP contribution in [0.1, 0.15) is 26.2 Å². The maximum Gasteiger partial charge on any atom is 0.326 e. The molecule has 2 unspecified atom stereocenters. The summed E-state index contributed by atoms with van der Waals surface area (Å²) in [6, 6.07) is -1.32. The molecule has 2 aliphatic rings. The van der Waals surface area contributed by atoms with Gasteiger partial charge in [-0.1, -0.05) is 6.92 Å². The predicted molar refractivity (Wildman–Crippen MR) is 77.0 cm³/mol. The number of hydrogen-bond acceptors (Lipinski definition) is 4. The van der Waals surface area contributed by atoms with Gasteiger partial charge in [-0.25, -0.2) is 9.59 Å². The summed E-state index contributed by atoms with van der Waals surface area (Å²) >= 11 is 0. The van der Waals surface area contributed by atoms with Crippen molar-refractivity contribution in [2.75, 3.05) is 33.2 Å². The summed E-state index contributed by atoms with van der Waals surface area (Å²) in [7, 11) is 2.08. The SMILES string of the molecule is CN1CCC(C)(CNC(=O)N2CC(O)CC2C(=O)O)CC1. The van der Waals surface area contributed by atoms with Crippen LogP contribution in [0.15, 0.2) is 0 Å². The number of nitrogens with one attached hydrogen (secondary N) is 1. The van der Waals surface area contributed by atoms with Gasteiger partial charge < -0.3 is 25.3 Å². The molecule has 0 aromatic rings. The number of carboxylic acid groups (broad SMARTS) is 1. The average molecular weight is 299 g/mol. The molecule has 0 radical (unpaired) electrons. The van der Waals surface area contributed by atoms with Gasteiger partial charge in [0.2, 0.25) is 0 Å². The van der Waals surface area contributed by atoms with Crippen LogP contribution in [0.3, 0.4) is 0 Å². The highest BCUT2D eigenvalue weighted by molar-refractivity contribution is 5.83. The molecule has 2 saturated heterocycles. The van der Waals surface area contributed by atoms with Gasteiger partial charge in [-0.05, 0) is 38.4 Å². The fourth-order valence-electron chi connectivity index (χ4n) is 3.00. The third-order valence-corrected chi connectivity index (χ3v) is 4.69. The highest BCUT2D eigenvalue weighted by Crippen LogP contribution is 2.29. The second kappa shape index (κ2) is 6.19. The molecule has 2 rings (SSSR count). The largest absolute Gasteiger partial charge is 0.480 e. The van der Waals surface area contributed by atoms with Crippen molar-refractivity contribution in [1.82, 2.24) is 15.1 Å². The van der Waals surface area contributed by atoms with Gasteiger partial charge in [0, 0.05) is 19.5 Å². The Morgan fingerprint density at radius 1 is 1.33 bits per heavy atom. The fourth-order valence-corrected chi connectivity index (χ4v) is 3.00. The van der Waals surface area contributed by atoms with Crippen LogP contribution in [-0.2, 0) is 4.79 Å². The van der Waals surface area contributed by atoms with Crippen LogP contribution in [0.5, 0.6) is 0 Å². The zero-order chi connectivity index (χ0) is 15.6. The van der Waals surface area contributed by atoms with Gasteiger partial charge in [0.15, 0.2) is 0 Å². The summed E-state index contributed by atoms with van der Waals surface area (Å²) < 4.78 is 0. The van der Waals surface area contributed by atoms with Crippen molar-refractivity contribution in [1.29, 1.82) is 0 Å². The molecule has 7 heteroatoms. The van der Waals surface area contributed by atoms with E-state index in [0.717, 1.165) is 25.9 Å². The van der Waals surface area contributed by atoms with E-state index in [-0.39, 0.29) is 24.4 Å². The first kappa shape index (κ1) is 16.0. The molecule has 2 atom stereocenters. The second-order valence-corrected chi connectivity index (χ2v) is 6.67. The third kappa shape index (κ3) is 3.85. The Labute approximate surface area is 124 Å². The highest BCUT2D eigenvalue weighted by Gasteiger charge is 2.39. The Morgan fingerprint density at radius 3 is 2.52 bits per heavy atom. The van der Waals surface area contributed by atoms with Crippen LogP contribution in [0.25, 0.3) is 0 Å². The second-order valence-electron chi connectivity index (χ2n) is 6.67. The molecule has 2 aliphatic heterocycles. The van der Waals surface area contributed by atoms with Crippen LogP contribution < -0.4 is 5.32 Å². The number of carbonyl (C=O) groups is 2. The molecule has 120 valence electrons. The van der Waals surface area contributed by atoms with Crippen LogP contribution in [0, 0.1) is 5.41 Å². The topological polar surface area (TPSA) is 93.1 Å². The Balaban J connectivity index is 1.88. The number of urea groups is 1. The molecule has 0 saturated carbocycles. The average Bonchev–Trinajstić information content (AvgIpc) is 2.82. The molecule has 2 amide bonds. The van der Waals surface area contributed by atoms with E-state index < -0.39 is 18.1 Å². The maximum atomic E-state index is 12.2. The van der Waals surface area contributed by atoms with Gasteiger partial charge in [-0.2, -0.15) is 0 Å². The standard InChI is InChI=1S/C14H25N3O4/c1-14(3-5-16(2)6-4-14)9-15-13(21)17-8-10(18)7-11(17)12(19)20/h10-11,18H,3-9H2,1-2H3,(H,15,21)(H,19,20). The maximum absolute atomic E-state index is 12.2. The Bertz CT molecular complexity index is 407. The molecule has 0 aliphatic carbocycles. The normalized spacial score (nSPS) is 29.4. The van der Waals surface area contributed by atoms with Crippen molar-refractivity contribution in [2.45, 2.75) is 38.3 Å². The number of carbonyl (C=O) groups excluding carboxylic acids is 1. The number of aliphatic carboxylic acids is 1. The van der Waals surface area contributed by atoms with Crippen LogP contribution in [-0.4, -0.2) is 77.4 Å². The Hall–Kier alpha value is -1.34. The molecule has 0 spiro atoms. The van der Waals surface area contributed by atoms with Gasteiger partial charge in [-0.3, -0.25) is 0 Å². The molecule has 0 aromatic heterocycles. The molecule has 2 heterocycles.